The van der Waals surface area contributed by atoms with Crippen LogP contribution in [-0.4, -0.2) is 0 Å². The fraction of sp³-hybridized carbons (Fsp3) is 0.519. The topological polar surface area (TPSA) is 3.88 Å². The van der Waals surface area contributed by atoms with Crippen molar-refractivity contribution < 1.29 is 4.57 Å². The van der Waals surface area contributed by atoms with Gasteiger partial charge in [-0.05, 0) is 29.3 Å². The lowest BCUT2D eigenvalue weighted by atomic mass is 10.0. The van der Waals surface area contributed by atoms with Gasteiger partial charge in [0.1, 0.15) is 6.54 Å². The SMILES string of the molecule is CCCCCCCCCCCCCC[n+]1cccc2c3ccccc3ccc21. The van der Waals surface area contributed by atoms with E-state index < -0.39 is 0 Å². The molecule has 0 atom stereocenters. The number of hydrogen-bond donors (Lipinski definition) is 0. The molecule has 0 aliphatic rings. The summed E-state index contributed by atoms with van der Waals surface area (Å²) in [5.41, 5.74) is 1.37. The Bertz CT molecular complexity index is 836. The molecule has 0 aliphatic carbocycles. The van der Waals surface area contributed by atoms with E-state index in [-0.39, 0.29) is 0 Å². The van der Waals surface area contributed by atoms with E-state index in [0.717, 1.165) is 6.54 Å². The number of nitrogens with zero attached hydrogens (tertiary/aromatic N) is 1. The third-order valence-corrected chi connectivity index (χ3v) is 6.04. The second-order valence-corrected chi connectivity index (χ2v) is 8.31. The first-order valence-corrected chi connectivity index (χ1v) is 11.7. The van der Waals surface area contributed by atoms with Gasteiger partial charge >= 0.3 is 0 Å². The lowest BCUT2D eigenvalue weighted by Crippen LogP contribution is -2.33. The molecule has 0 bridgehead atoms. The summed E-state index contributed by atoms with van der Waals surface area (Å²) in [5.74, 6) is 0. The van der Waals surface area contributed by atoms with Crippen molar-refractivity contribution in [2.75, 3.05) is 0 Å². The lowest BCUT2D eigenvalue weighted by molar-refractivity contribution is -0.671. The Labute approximate surface area is 171 Å². The summed E-state index contributed by atoms with van der Waals surface area (Å²) in [4.78, 5) is 0. The van der Waals surface area contributed by atoms with Gasteiger partial charge in [0.25, 0.3) is 0 Å². The van der Waals surface area contributed by atoms with Crippen molar-refractivity contribution in [3.8, 4) is 0 Å². The third-order valence-electron chi connectivity index (χ3n) is 6.04. The van der Waals surface area contributed by atoms with Gasteiger partial charge in [0.05, 0.1) is 5.39 Å². The molecule has 0 spiro atoms. The van der Waals surface area contributed by atoms with E-state index in [9.17, 15) is 0 Å². The molecule has 28 heavy (non-hydrogen) atoms. The number of benzene rings is 2. The van der Waals surface area contributed by atoms with Crippen LogP contribution in [0.15, 0.2) is 54.7 Å². The monoisotopic (exact) mass is 376 g/mol. The first-order valence-electron chi connectivity index (χ1n) is 11.7. The van der Waals surface area contributed by atoms with Crippen molar-refractivity contribution in [2.24, 2.45) is 0 Å². The van der Waals surface area contributed by atoms with Crippen LogP contribution in [0.3, 0.4) is 0 Å². The largest absolute Gasteiger partial charge is 0.213 e. The second-order valence-electron chi connectivity index (χ2n) is 8.31. The van der Waals surface area contributed by atoms with Gasteiger partial charge in [0, 0.05) is 18.6 Å². The molecule has 0 unspecified atom stereocenters. The first kappa shape index (κ1) is 20.8. The minimum atomic E-state index is 1.13. The molecule has 0 amide bonds. The zero-order chi connectivity index (χ0) is 19.4. The summed E-state index contributed by atoms with van der Waals surface area (Å²) in [7, 11) is 0. The molecular weight excluding hydrogens is 338 g/mol. The van der Waals surface area contributed by atoms with Crippen molar-refractivity contribution in [3.05, 3.63) is 54.7 Å². The predicted molar refractivity (Wildman–Crippen MR) is 123 cm³/mol. The van der Waals surface area contributed by atoms with E-state index in [1.165, 1.54) is 98.7 Å². The van der Waals surface area contributed by atoms with Gasteiger partial charge in [-0.1, -0.05) is 95.4 Å². The Morgan fingerprint density at radius 2 is 1.18 bits per heavy atom. The summed E-state index contributed by atoms with van der Waals surface area (Å²) >= 11 is 0. The van der Waals surface area contributed by atoms with Crippen molar-refractivity contribution in [3.63, 3.8) is 0 Å². The Kier molecular flexibility index (Phi) is 8.81. The predicted octanol–water partition coefficient (Wildman–Crippen LogP) is 7.98. The van der Waals surface area contributed by atoms with E-state index in [2.05, 4.69) is 66.2 Å². The van der Waals surface area contributed by atoms with Crippen LogP contribution in [0, 0.1) is 0 Å². The van der Waals surface area contributed by atoms with Crippen LogP contribution in [0.1, 0.15) is 84.0 Å². The molecule has 1 heteroatoms. The highest BCUT2D eigenvalue weighted by atomic mass is 14.9. The second kappa shape index (κ2) is 11.8. The number of aryl methyl sites for hydroxylation is 1. The molecule has 1 heterocycles. The average molecular weight is 377 g/mol. The number of hydrogen-bond acceptors (Lipinski definition) is 0. The molecule has 0 radical (unpaired) electrons. The molecule has 3 aromatic rings. The summed E-state index contributed by atoms with van der Waals surface area (Å²) in [6, 6.07) is 17.7. The molecule has 1 nitrogen and oxygen atoms in total. The van der Waals surface area contributed by atoms with Crippen molar-refractivity contribution in [1.82, 2.24) is 0 Å². The number of unbranched alkanes of at least 4 members (excludes halogenated alkanes) is 11. The fourth-order valence-corrected chi connectivity index (χ4v) is 4.35. The van der Waals surface area contributed by atoms with Gasteiger partial charge in [0.15, 0.2) is 6.20 Å². The average Bonchev–Trinajstić information content (AvgIpc) is 2.74. The highest BCUT2D eigenvalue weighted by Crippen LogP contribution is 2.23. The highest BCUT2D eigenvalue weighted by Gasteiger charge is 2.10. The minimum Gasteiger partial charge on any atom is -0.198 e. The van der Waals surface area contributed by atoms with E-state index >= 15 is 0 Å². The molecular formula is C27H38N+. The standard InChI is InChI=1S/C27H38N/c1-2-3-4-5-6-7-8-9-10-11-12-15-22-28-23-16-19-26-25-18-14-13-17-24(25)20-21-27(26)28/h13-14,16-21,23H,2-12,15,22H2,1H3/q+1. The Hall–Kier alpha value is -1.89. The van der Waals surface area contributed by atoms with Gasteiger partial charge in [-0.3, -0.25) is 0 Å². The van der Waals surface area contributed by atoms with E-state index in [1.807, 2.05) is 0 Å². The summed E-state index contributed by atoms with van der Waals surface area (Å²) < 4.78 is 2.44. The smallest absolute Gasteiger partial charge is 0.198 e. The maximum atomic E-state index is 2.44. The molecule has 0 fully saturated rings. The van der Waals surface area contributed by atoms with Crippen LogP contribution >= 0.6 is 0 Å². The molecule has 150 valence electrons. The quantitative estimate of drug-likeness (QED) is 0.162. The van der Waals surface area contributed by atoms with Gasteiger partial charge in [-0.15, -0.1) is 0 Å². The number of rotatable bonds is 13. The highest BCUT2D eigenvalue weighted by molar-refractivity contribution is 6.04. The Morgan fingerprint density at radius 1 is 0.571 bits per heavy atom. The van der Waals surface area contributed by atoms with Gasteiger partial charge in [-0.25, -0.2) is 0 Å². The van der Waals surface area contributed by atoms with Gasteiger partial charge in [-0.2, -0.15) is 4.57 Å². The van der Waals surface area contributed by atoms with Crippen LogP contribution in [-0.2, 0) is 6.54 Å². The molecule has 0 N–H and O–H groups in total. The fourth-order valence-electron chi connectivity index (χ4n) is 4.35. The molecule has 3 rings (SSSR count). The zero-order valence-electron chi connectivity index (χ0n) is 17.8. The third kappa shape index (κ3) is 6.06. The van der Waals surface area contributed by atoms with Crippen molar-refractivity contribution >= 4 is 21.7 Å². The molecule has 2 aromatic carbocycles. The molecule has 0 saturated heterocycles. The van der Waals surface area contributed by atoms with Gasteiger partial charge < -0.3 is 0 Å². The first-order chi connectivity index (χ1) is 13.9. The van der Waals surface area contributed by atoms with Crippen LogP contribution in [0.5, 0.6) is 0 Å². The maximum Gasteiger partial charge on any atom is 0.213 e. The van der Waals surface area contributed by atoms with Crippen molar-refractivity contribution in [1.29, 1.82) is 0 Å². The van der Waals surface area contributed by atoms with Crippen LogP contribution < -0.4 is 4.57 Å². The van der Waals surface area contributed by atoms with Crippen molar-refractivity contribution in [2.45, 2.75) is 90.5 Å². The zero-order valence-corrected chi connectivity index (χ0v) is 17.8. The molecule has 0 aliphatic heterocycles. The summed E-state index contributed by atoms with van der Waals surface area (Å²) in [6.45, 7) is 3.42. The molecule has 1 aromatic heterocycles. The van der Waals surface area contributed by atoms with Crippen LogP contribution in [0.2, 0.25) is 0 Å². The number of pyridine rings is 1. The Morgan fingerprint density at radius 3 is 1.89 bits per heavy atom. The van der Waals surface area contributed by atoms with Gasteiger partial charge in [0.2, 0.25) is 5.52 Å². The minimum absolute atomic E-state index is 1.13. The maximum absolute atomic E-state index is 2.44. The van der Waals surface area contributed by atoms with E-state index in [4.69, 9.17) is 0 Å². The Balaban J connectivity index is 1.36. The summed E-state index contributed by atoms with van der Waals surface area (Å²) in [6.07, 6.45) is 19.1. The number of fused-ring (bicyclic) bond motifs is 3. The van der Waals surface area contributed by atoms with E-state index in [0.29, 0.717) is 0 Å². The van der Waals surface area contributed by atoms with E-state index in [1.54, 1.807) is 0 Å². The lowest BCUT2D eigenvalue weighted by Gasteiger charge is -2.05. The molecule has 0 saturated carbocycles. The van der Waals surface area contributed by atoms with Crippen LogP contribution in [0.25, 0.3) is 21.7 Å². The summed E-state index contributed by atoms with van der Waals surface area (Å²) in [5, 5.41) is 4.07. The normalized spacial score (nSPS) is 11.5. The van der Waals surface area contributed by atoms with Crippen LogP contribution in [0.4, 0.5) is 0 Å². The number of aromatic nitrogens is 1.